The van der Waals surface area contributed by atoms with E-state index in [4.69, 9.17) is 14.7 Å². The van der Waals surface area contributed by atoms with Gasteiger partial charge in [-0.25, -0.2) is 9.48 Å². The molecule has 3 aromatic carbocycles. The molecule has 2 aliphatic heterocycles. The van der Waals surface area contributed by atoms with Gasteiger partial charge >= 0.3 is 18.4 Å². The van der Waals surface area contributed by atoms with E-state index in [1.165, 1.54) is 73.8 Å². The van der Waals surface area contributed by atoms with Gasteiger partial charge in [0.1, 0.15) is 0 Å². The van der Waals surface area contributed by atoms with Crippen LogP contribution in [0, 0.1) is 0 Å². The predicted molar refractivity (Wildman–Crippen MR) is 140 cm³/mol. The third-order valence-corrected chi connectivity index (χ3v) is 6.65. The zero-order valence-electron chi connectivity index (χ0n) is 22.3. The molecular weight excluding hydrogens is 599 g/mol. The largest absolute Gasteiger partial charge is 0.586 e. The summed E-state index contributed by atoms with van der Waals surface area (Å²) in [5.74, 6) is -2.29. The minimum Gasteiger partial charge on any atom is -0.478 e. The number of aromatic nitrogens is 2. The maximum Gasteiger partial charge on any atom is 0.586 e. The maximum absolute atomic E-state index is 14.0. The lowest BCUT2D eigenvalue weighted by molar-refractivity contribution is -0.286. The van der Waals surface area contributed by atoms with Crippen LogP contribution >= 0.6 is 0 Å². The van der Waals surface area contributed by atoms with Crippen molar-refractivity contribution < 1.29 is 55.7 Å². The van der Waals surface area contributed by atoms with E-state index in [2.05, 4.69) is 14.6 Å². The number of aromatic carboxylic acids is 1. The number of carbonyl (C=O) groups excluding carboxylic acids is 1. The molecule has 44 heavy (non-hydrogen) atoms. The van der Waals surface area contributed by atoms with Crippen molar-refractivity contribution in [1.82, 2.24) is 9.78 Å². The number of anilines is 2. The first-order valence-corrected chi connectivity index (χ1v) is 12.6. The molecule has 228 valence electrons. The van der Waals surface area contributed by atoms with E-state index in [1.807, 2.05) is 0 Å². The summed E-state index contributed by atoms with van der Waals surface area (Å²) in [7, 11) is 1.38. The normalized spacial score (nSPS) is 15.1. The molecule has 1 amide bonds. The van der Waals surface area contributed by atoms with Crippen molar-refractivity contribution in [3.63, 3.8) is 0 Å². The van der Waals surface area contributed by atoms with Gasteiger partial charge in [-0.15, -0.1) is 8.78 Å². The van der Waals surface area contributed by atoms with Gasteiger partial charge in [0.2, 0.25) is 0 Å². The summed E-state index contributed by atoms with van der Waals surface area (Å²) in [5.41, 5.74) is -1.29. The van der Waals surface area contributed by atoms with Crippen molar-refractivity contribution in [3.05, 3.63) is 89.1 Å². The quantitative estimate of drug-likeness (QED) is 0.281. The van der Waals surface area contributed by atoms with Gasteiger partial charge < -0.3 is 29.1 Å². The van der Waals surface area contributed by atoms with Crippen molar-refractivity contribution in [1.29, 1.82) is 0 Å². The number of carboxylic acids is 1. The number of hydroxylamine groups is 1. The average molecular weight is 618 g/mol. The summed E-state index contributed by atoms with van der Waals surface area (Å²) < 4.78 is 84.2. The SMILES string of the molecule is CN(C(=O)c1cccc(-n2nc(C(F)(F)F)c3c2N(Oc2ccc(C(=O)O)cc2)COC3)c1)c1ccc2c(c1)OC(F)(F)O2. The topological polar surface area (TPSA) is 116 Å². The van der Waals surface area contributed by atoms with E-state index in [0.717, 1.165) is 14.6 Å². The monoisotopic (exact) mass is 618 g/mol. The molecule has 6 rings (SSSR count). The molecule has 0 saturated carbocycles. The lowest BCUT2D eigenvalue weighted by atomic mass is 10.1. The van der Waals surface area contributed by atoms with Crippen LogP contribution in [0.3, 0.4) is 0 Å². The maximum atomic E-state index is 14.0. The number of halogens is 5. The first-order chi connectivity index (χ1) is 20.8. The van der Waals surface area contributed by atoms with Crippen LogP contribution in [0.2, 0.25) is 0 Å². The molecule has 0 fully saturated rings. The van der Waals surface area contributed by atoms with Gasteiger partial charge in [-0.3, -0.25) is 4.79 Å². The Hall–Kier alpha value is -5.38. The highest BCUT2D eigenvalue weighted by atomic mass is 19.4. The summed E-state index contributed by atoms with van der Waals surface area (Å²) >= 11 is 0. The van der Waals surface area contributed by atoms with Crippen molar-refractivity contribution in [3.8, 4) is 22.9 Å². The number of hydrogen-bond donors (Lipinski definition) is 1. The highest BCUT2D eigenvalue weighted by Gasteiger charge is 2.44. The number of rotatable bonds is 6. The predicted octanol–water partition coefficient (Wildman–Crippen LogP) is 5.48. The van der Waals surface area contributed by atoms with E-state index >= 15 is 0 Å². The van der Waals surface area contributed by atoms with Gasteiger partial charge in [-0.05, 0) is 54.6 Å². The molecule has 3 heterocycles. The van der Waals surface area contributed by atoms with E-state index in [1.54, 1.807) is 0 Å². The molecule has 1 N–H and O–H groups in total. The fourth-order valence-electron chi connectivity index (χ4n) is 4.61. The minimum absolute atomic E-state index is 0.0255. The fourth-order valence-corrected chi connectivity index (χ4v) is 4.61. The third-order valence-electron chi connectivity index (χ3n) is 6.65. The summed E-state index contributed by atoms with van der Waals surface area (Å²) in [6, 6.07) is 14.6. The van der Waals surface area contributed by atoms with Crippen molar-refractivity contribution in [2.75, 3.05) is 23.7 Å². The number of carbonyl (C=O) groups is 2. The van der Waals surface area contributed by atoms with E-state index in [9.17, 15) is 31.5 Å². The van der Waals surface area contributed by atoms with E-state index < -0.39 is 36.6 Å². The van der Waals surface area contributed by atoms with Gasteiger partial charge in [-0.2, -0.15) is 23.3 Å². The second-order valence-electron chi connectivity index (χ2n) is 9.55. The molecule has 4 aromatic rings. The van der Waals surface area contributed by atoms with E-state index in [-0.39, 0.29) is 57.9 Å². The molecule has 0 bridgehead atoms. The number of hydrogen-bond acceptors (Lipinski definition) is 8. The Morgan fingerprint density at radius 1 is 1.00 bits per heavy atom. The van der Waals surface area contributed by atoms with Crippen LogP contribution in [0.4, 0.5) is 33.5 Å². The smallest absolute Gasteiger partial charge is 0.478 e. The van der Waals surface area contributed by atoms with Gasteiger partial charge in [0.05, 0.1) is 23.4 Å². The molecule has 0 atom stereocenters. The van der Waals surface area contributed by atoms with Crippen LogP contribution in [0.15, 0.2) is 66.7 Å². The summed E-state index contributed by atoms with van der Waals surface area (Å²) in [5, 5.41) is 14.0. The van der Waals surface area contributed by atoms with Crippen LogP contribution in [0.1, 0.15) is 32.0 Å². The fraction of sp³-hybridized carbons (Fsp3) is 0.179. The molecule has 11 nitrogen and oxygen atoms in total. The van der Waals surface area contributed by atoms with Crippen LogP contribution in [0.25, 0.3) is 5.69 Å². The summed E-state index contributed by atoms with van der Waals surface area (Å²) in [6.45, 7) is -0.742. The molecule has 0 unspecified atom stereocenters. The van der Waals surface area contributed by atoms with Crippen LogP contribution in [0.5, 0.6) is 17.2 Å². The average Bonchev–Trinajstić information content (AvgIpc) is 3.53. The molecule has 1 aromatic heterocycles. The molecule has 0 radical (unpaired) electrons. The Morgan fingerprint density at radius 3 is 2.43 bits per heavy atom. The van der Waals surface area contributed by atoms with Crippen LogP contribution < -0.4 is 24.3 Å². The Kier molecular flexibility index (Phi) is 6.80. The van der Waals surface area contributed by atoms with Gasteiger partial charge in [0.15, 0.2) is 35.5 Å². The minimum atomic E-state index is -4.87. The molecule has 0 aliphatic carbocycles. The number of ether oxygens (including phenoxy) is 3. The number of benzene rings is 3. The van der Waals surface area contributed by atoms with Crippen LogP contribution in [-0.2, 0) is 17.5 Å². The lowest BCUT2D eigenvalue weighted by Crippen LogP contribution is -2.35. The zero-order valence-corrected chi connectivity index (χ0v) is 22.3. The highest BCUT2D eigenvalue weighted by Crippen LogP contribution is 2.43. The number of alkyl halides is 5. The number of nitrogens with zero attached hydrogens (tertiary/aromatic N) is 4. The molecule has 0 spiro atoms. The molecular formula is C28H19F5N4O7. The van der Waals surface area contributed by atoms with Crippen molar-refractivity contribution in [2.24, 2.45) is 0 Å². The zero-order chi connectivity index (χ0) is 31.4. The standard InChI is InChI=1S/C28H19F5N4O7/c1-35(17-7-10-21-22(12-17)43-28(32,33)42-21)25(38)16-3-2-4-18(11-16)37-24-20(23(34-37)27(29,30)31)13-41-14-36(24)44-19-8-5-15(6-9-19)26(39)40/h2-12H,13-14H2,1H3,(H,39,40). The molecule has 2 aliphatic rings. The first kappa shape index (κ1) is 28.7. The summed E-state index contributed by atoms with van der Waals surface area (Å²) in [6.07, 6.45) is -8.71. The second-order valence-corrected chi connectivity index (χ2v) is 9.55. The van der Waals surface area contributed by atoms with E-state index in [0.29, 0.717) is 0 Å². The number of carboxylic acid groups (broad SMARTS) is 1. The summed E-state index contributed by atoms with van der Waals surface area (Å²) in [4.78, 5) is 31.5. The molecule has 0 saturated heterocycles. The Bertz CT molecular complexity index is 1780. The first-order valence-electron chi connectivity index (χ1n) is 12.6. The second kappa shape index (κ2) is 10.4. The number of fused-ring (bicyclic) bond motifs is 2. The Morgan fingerprint density at radius 2 is 1.73 bits per heavy atom. The van der Waals surface area contributed by atoms with Gasteiger partial charge in [0, 0.05) is 24.4 Å². The van der Waals surface area contributed by atoms with Gasteiger partial charge in [0.25, 0.3) is 5.91 Å². The van der Waals surface area contributed by atoms with Crippen LogP contribution in [-0.4, -0.2) is 46.8 Å². The Labute approximate surface area is 244 Å². The Balaban J connectivity index is 1.34. The molecule has 16 heteroatoms. The van der Waals surface area contributed by atoms with Crippen molar-refractivity contribution >= 4 is 23.4 Å². The van der Waals surface area contributed by atoms with Gasteiger partial charge in [-0.1, -0.05) is 6.07 Å². The number of amides is 1. The third kappa shape index (κ3) is 5.30. The van der Waals surface area contributed by atoms with Crippen molar-refractivity contribution in [2.45, 2.75) is 19.1 Å². The lowest BCUT2D eigenvalue weighted by Gasteiger charge is -2.29. The highest BCUT2D eigenvalue weighted by molar-refractivity contribution is 6.06.